The maximum atomic E-state index is 12.0. The van der Waals surface area contributed by atoms with Crippen LogP contribution in [0.2, 0.25) is 0 Å². The van der Waals surface area contributed by atoms with Gasteiger partial charge in [0.15, 0.2) is 0 Å². The van der Waals surface area contributed by atoms with Gasteiger partial charge in [0.25, 0.3) is 0 Å². The first-order valence-electron chi connectivity index (χ1n) is 10.8. The van der Waals surface area contributed by atoms with Gasteiger partial charge in [0.2, 0.25) is 11.8 Å². The van der Waals surface area contributed by atoms with Crippen molar-refractivity contribution in [3.8, 4) is 0 Å². The van der Waals surface area contributed by atoms with Gasteiger partial charge in [-0.1, -0.05) is 55.5 Å². The van der Waals surface area contributed by atoms with Gasteiger partial charge >= 0.3 is 0 Å². The molecular weight excluding hydrogens is 402 g/mol. The predicted octanol–water partition coefficient (Wildman–Crippen LogP) is 2.33. The van der Waals surface area contributed by atoms with Crippen LogP contribution in [0.4, 0.5) is 5.82 Å². The van der Waals surface area contributed by atoms with E-state index in [1.54, 1.807) is 6.07 Å². The smallest absolute Gasteiger partial charge is 0.239 e. The van der Waals surface area contributed by atoms with Crippen molar-refractivity contribution in [2.75, 3.05) is 25.4 Å². The van der Waals surface area contributed by atoms with Crippen LogP contribution >= 0.6 is 0 Å². The molecule has 1 atom stereocenters. The number of carbonyl (C=O) groups excluding carboxylic acids is 2. The van der Waals surface area contributed by atoms with Gasteiger partial charge in [-0.2, -0.15) is 0 Å². The van der Waals surface area contributed by atoms with Gasteiger partial charge in [-0.15, -0.1) is 0 Å². The van der Waals surface area contributed by atoms with E-state index < -0.39 is 0 Å². The zero-order valence-corrected chi connectivity index (χ0v) is 18.7. The van der Waals surface area contributed by atoms with Crippen LogP contribution in [0.3, 0.4) is 0 Å². The molecule has 2 amide bonds. The fourth-order valence-electron chi connectivity index (χ4n) is 3.57. The number of nitrogens with zero attached hydrogens (tertiary/aromatic N) is 1. The van der Waals surface area contributed by atoms with Gasteiger partial charge in [-0.25, -0.2) is 4.98 Å². The standard InChI is InChI=1S/C25H31N5O2/c1-17(11-19-7-8-20-5-3-4-6-21(20)12-19)13-27-15-24(31)29-16-25(32)28-14-22-9-10-23(26)30-18(22)2/h3-10,12,17,27H,11,13-16H2,1-2H3,(H2,26,30)(H,28,32)(H,29,31). The van der Waals surface area contributed by atoms with Crippen molar-refractivity contribution in [3.63, 3.8) is 0 Å². The predicted molar refractivity (Wildman–Crippen MR) is 128 cm³/mol. The zero-order valence-electron chi connectivity index (χ0n) is 18.7. The van der Waals surface area contributed by atoms with Gasteiger partial charge in [-0.3, -0.25) is 9.59 Å². The molecule has 0 saturated carbocycles. The van der Waals surface area contributed by atoms with Crippen molar-refractivity contribution in [1.82, 2.24) is 20.9 Å². The van der Waals surface area contributed by atoms with Crippen molar-refractivity contribution in [3.05, 3.63) is 71.4 Å². The molecule has 0 bridgehead atoms. The summed E-state index contributed by atoms with van der Waals surface area (Å²) in [5.41, 5.74) is 8.58. The average molecular weight is 434 g/mol. The molecule has 0 aliphatic heterocycles. The Hall–Kier alpha value is -3.45. The van der Waals surface area contributed by atoms with Crippen LogP contribution in [0.15, 0.2) is 54.6 Å². The maximum Gasteiger partial charge on any atom is 0.239 e. The number of aryl methyl sites for hydroxylation is 1. The second-order valence-electron chi connectivity index (χ2n) is 8.16. The summed E-state index contributed by atoms with van der Waals surface area (Å²) in [4.78, 5) is 28.2. The number of carbonyl (C=O) groups is 2. The van der Waals surface area contributed by atoms with E-state index in [-0.39, 0.29) is 24.9 Å². The van der Waals surface area contributed by atoms with Gasteiger partial charge in [0, 0.05) is 12.2 Å². The molecule has 3 rings (SSSR count). The molecule has 0 fully saturated rings. The van der Waals surface area contributed by atoms with Crippen molar-refractivity contribution in [2.24, 2.45) is 5.92 Å². The van der Waals surface area contributed by atoms with Crippen LogP contribution in [0, 0.1) is 12.8 Å². The lowest BCUT2D eigenvalue weighted by Gasteiger charge is -2.13. The van der Waals surface area contributed by atoms with E-state index in [4.69, 9.17) is 5.73 Å². The van der Waals surface area contributed by atoms with Crippen LogP contribution in [-0.2, 0) is 22.6 Å². The molecule has 1 unspecified atom stereocenters. The highest BCUT2D eigenvalue weighted by Gasteiger charge is 2.09. The van der Waals surface area contributed by atoms with Gasteiger partial charge in [-0.05, 0) is 53.8 Å². The van der Waals surface area contributed by atoms with E-state index in [1.807, 2.05) is 25.1 Å². The second-order valence-corrected chi connectivity index (χ2v) is 8.16. The maximum absolute atomic E-state index is 12.0. The number of rotatable bonds is 10. The Labute approximate surface area is 188 Å². The molecule has 168 valence electrons. The molecule has 7 heteroatoms. The van der Waals surface area contributed by atoms with Crippen molar-refractivity contribution >= 4 is 28.4 Å². The number of amides is 2. The Balaban J connectivity index is 1.32. The third-order valence-electron chi connectivity index (χ3n) is 5.32. The van der Waals surface area contributed by atoms with Crippen LogP contribution in [-0.4, -0.2) is 36.4 Å². The summed E-state index contributed by atoms with van der Waals surface area (Å²) in [5.74, 6) is 0.371. The number of nitrogens with one attached hydrogen (secondary N) is 3. The lowest BCUT2D eigenvalue weighted by atomic mass is 9.98. The van der Waals surface area contributed by atoms with Gasteiger partial charge in [0.05, 0.1) is 13.1 Å². The number of fused-ring (bicyclic) bond motifs is 1. The first-order valence-corrected chi connectivity index (χ1v) is 10.8. The number of anilines is 1. The fraction of sp³-hybridized carbons (Fsp3) is 0.320. The summed E-state index contributed by atoms with van der Waals surface area (Å²) in [6.45, 7) is 5.17. The quantitative estimate of drug-likeness (QED) is 0.392. The Bertz CT molecular complexity index is 1080. The van der Waals surface area contributed by atoms with Crippen LogP contribution in [0.25, 0.3) is 10.8 Å². The number of pyridine rings is 1. The molecule has 3 aromatic rings. The largest absolute Gasteiger partial charge is 0.384 e. The number of nitrogens with two attached hydrogens (primary N) is 1. The molecule has 0 saturated heterocycles. The Morgan fingerprint density at radius 1 is 0.969 bits per heavy atom. The van der Waals surface area contributed by atoms with Crippen molar-refractivity contribution < 1.29 is 9.59 Å². The lowest BCUT2D eigenvalue weighted by Crippen LogP contribution is -2.41. The topological polar surface area (TPSA) is 109 Å². The van der Waals surface area contributed by atoms with E-state index in [9.17, 15) is 9.59 Å². The zero-order chi connectivity index (χ0) is 22.9. The fourth-order valence-corrected chi connectivity index (χ4v) is 3.57. The summed E-state index contributed by atoms with van der Waals surface area (Å²) in [7, 11) is 0. The Kier molecular flexibility index (Phi) is 8.16. The van der Waals surface area contributed by atoms with E-state index in [0.717, 1.165) is 24.2 Å². The molecule has 7 nitrogen and oxygen atoms in total. The Morgan fingerprint density at radius 3 is 2.50 bits per heavy atom. The first-order chi connectivity index (χ1) is 15.4. The molecule has 1 heterocycles. The minimum Gasteiger partial charge on any atom is -0.384 e. The third kappa shape index (κ3) is 7.06. The summed E-state index contributed by atoms with van der Waals surface area (Å²) in [5, 5.41) is 11.1. The highest BCUT2D eigenvalue weighted by molar-refractivity contribution is 5.85. The highest BCUT2D eigenvalue weighted by atomic mass is 16.2. The minimum atomic E-state index is -0.251. The van der Waals surface area contributed by atoms with Gasteiger partial charge < -0.3 is 21.7 Å². The van der Waals surface area contributed by atoms with Crippen LogP contribution in [0.1, 0.15) is 23.7 Å². The van der Waals surface area contributed by atoms with Crippen LogP contribution < -0.4 is 21.7 Å². The molecule has 0 aliphatic rings. The molecule has 32 heavy (non-hydrogen) atoms. The number of aromatic nitrogens is 1. The molecule has 0 radical (unpaired) electrons. The summed E-state index contributed by atoms with van der Waals surface area (Å²) in [6, 6.07) is 18.4. The monoisotopic (exact) mass is 433 g/mol. The molecular formula is C25H31N5O2. The van der Waals surface area contributed by atoms with Crippen molar-refractivity contribution in [2.45, 2.75) is 26.8 Å². The molecule has 0 aliphatic carbocycles. The number of hydrogen-bond acceptors (Lipinski definition) is 5. The third-order valence-corrected chi connectivity index (χ3v) is 5.32. The molecule has 1 aromatic heterocycles. The molecule has 5 N–H and O–H groups in total. The highest BCUT2D eigenvalue weighted by Crippen LogP contribution is 2.17. The SMILES string of the molecule is Cc1nc(N)ccc1CNC(=O)CNC(=O)CNCC(C)Cc1ccc2ccccc2c1. The van der Waals surface area contributed by atoms with Crippen LogP contribution in [0.5, 0.6) is 0 Å². The average Bonchev–Trinajstić information content (AvgIpc) is 2.77. The summed E-state index contributed by atoms with van der Waals surface area (Å²) >= 11 is 0. The summed E-state index contributed by atoms with van der Waals surface area (Å²) in [6.07, 6.45) is 0.932. The summed E-state index contributed by atoms with van der Waals surface area (Å²) < 4.78 is 0. The number of hydrogen-bond donors (Lipinski definition) is 4. The molecule has 0 spiro atoms. The second kappa shape index (κ2) is 11.2. The van der Waals surface area contributed by atoms with Gasteiger partial charge in [0.1, 0.15) is 5.82 Å². The van der Waals surface area contributed by atoms with Crippen molar-refractivity contribution in [1.29, 1.82) is 0 Å². The number of nitrogen functional groups attached to an aromatic ring is 1. The van der Waals surface area contributed by atoms with E-state index in [2.05, 4.69) is 58.2 Å². The Morgan fingerprint density at radius 2 is 1.72 bits per heavy atom. The lowest BCUT2D eigenvalue weighted by molar-refractivity contribution is -0.125. The normalized spacial score (nSPS) is 11.8. The van der Waals surface area contributed by atoms with E-state index >= 15 is 0 Å². The molecule has 2 aromatic carbocycles. The number of benzene rings is 2. The first kappa shape index (κ1) is 23.2. The minimum absolute atomic E-state index is 0.0609. The van der Waals surface area contributed by atoms with E-state index in [1.165, 1.54) is 16.3 Å². The van der Waals surface area contributed by atoms with E-state index in [0.29, 0.717) is 18.3 Å².